The highest BCUT2D eigenvalue weighted by Gasteiger charge is 2.27. The molecule has 2 heterocycles. The predicted molar refractivity (Wildman–Crippen MR) is 101 cm³/mol. The molecule has 1 fully saturated rings. The van der Waals surface area contributed by atoms with Gasteiger partial charge in [0, 0.05) is 19.2 Å². The molecule has 1 aromatic carbocycles. The van der Waals surface area contributed by atoms with Crippen LogP contribution in [0.1, 0.15) is 21.6 Å². The molecule has 156 valence electrons. The van der Waals surface area contributed by atoms with Gasteiger partial charge in [-0.25, -0.2) is 13.2 Å². The lowest BCUT2D eigenvalue weighted by Gasteiger charge is -2.26. The first kappa shape index (κ1) is 21.0. The number of ether oxygens (including phenoxy) is 2. The minimum Gasteiger partial charge on any atom is -0.452 e. The molecule has 0 unspecified atom stereocenters. The topological polar surface area (TPSA) is 128 Å². The van der Waals surface area contributed by atoms with Crippen LogP contribution in [0.4, 0.5) is 5.88 Å². The number of carbonyl (C=O) groups excluding carboxylic acids is 2. The molecule has 11 heteroatoms. The highest BCUT2D eigenvalue weighted by molar-refractivity contribution is 7.89. The normalized spacial score (nSPS) is 15.1. The number of hydrogen-bond acceptors (Lipinski definition) is 8. The number of esters is 1. The van der Waals surface area contributed by atoms with Crippen LogP contribution in [0.15, 0.2) is 33.7 Å². The van der Waals surface area contributed by atoms with Gasteiger partial charge in [-0.3, -0.25) is 10.1 Å². The van der Waals surface area contributed by atoms with Crippen LogP contribution in [0.5, 0.6) is 0 Å². The first-order valence-electron chi connectivity index (χ1n) is 8.86. The van der Waals surface area contributed by atoms with Crippen molar-refractivity contribution in [1.82, 2.24) is 9.46 Å². The highest BCUT2D eigenvalue weighted by atomic mass is 32.2. The van der Waals surface area contributed by atoms with Crippen LogP contribution in [-0.2, 0) is 24.3 Å². The Morgan fingerprint density at radius 1 is 1.21 bits per heavy atom. The Labute approximate surface area is 167 Å². The number of sulfonamides is 1. The summed E-state index contributed by atoms with van der Waals surface area (Å²) in [6.45, 7) is 3.92. The fraction of sp³-hybridized carbons (Fsp3) is 0.389. The van der Waals surface area contributed by atoms with Gasteiger partial charge in [0.2, 0.25) is 15.9 Å². The molecular weight excluding hydrogens is 402 g/mol. The predicted octanol–water partition coefficient (Wildman–Crippen LogP) is 1.11. The van der Waals surface area contributed by atoms with E-state index in [2.05, 4.69) is 10.5 Å². The van der Waals surface area contributed by atoms with E-state index in [0.29, 0.717) is 24.5 Å². The molecule has 1 aliphatic rings. The third-order valence-corrected chi connectivity index (χ3v) is 6.16. The third kappa shape index (κ3) is 5.00. The van der Waals surface area contributed by atoms with Crippen molar-refractivity contribution in [3.8, 4) is 0 Å². The zero-order valence-electron chi connectivity index (χ0n) is 16.0. The fourth-order valence-corrected chi connectivity index (χ4v) is 4.16. The van der Waals surface area contributed by atoms with Gasteiger partial charge in [0.15, 0.2) is 6.61 Å². The van der Waals surface area contributed by atoms with Gasteiger partial charge >= 0.3 is 5.97 Å². The number of hydrogen-bond donors (Lipinski definition) is 1. The van der Waals surface area contributed by atoms with Gasteiger partial charge < -0.3 is 14.0 Å². The summed E-state index contributed by atoms with van der Waals surface area (Å²) >= 11 is 0. The largest absolute Gasteiger partial charge is 0.452 e. The van der Waals surface area contributed by atoms with Crippen LogP contribution >= 0.6 is 0 Å². The second-order valence-corrected chi connectivity index (χ2v) is 8.39. The molecule has 10 nitrogen and oxygen atoms in total. The quantitative estimate of drug-likeness (QED) is 0.684. The molecule has 3 rings (SSSR count). The van der Waals surface area contributed by atoms with E-state index in [1.807, 2.05) is 0 Å². The zero-order chi connectivity index (χ0) is 21.0. The molecule has 1 saturated heterocycles. The van der Waals surface area contributed by atoms with Crippen molar-refractivity contribution >= 4 is 27.8 Å². The molecule has 2 aromatic rings. The number of anilines is 1. The van der Waals surface area contributed by atoms with Crippen molar-refractivity contribution in [2.45, 2.75) is 18.7 Å². The first-order chi connectivity index (χ1) is 13.8. The van der Waals surface area contributed by atoms with Gasteiger partial charge in [-0.1, -0.05) is 11.2 Å². The van der Waals surface area contributed by atoms with Crippen molar-refractivity contribution in [1.29, 1.82) is 0 Å². The Balaban J connectivity index is 1.68. The van der Waals surface area contributed by atoms with Crippen molar-refractivity contribution < 1.29 is 32.0 Å². The fourth-order valence-electron chi connectivity index (χ4n) is 2.72. The van der Waals surface area contributed by atoms with Crippen LogP contribution in [0.3, 0.4) is 0 Å². The monoisotopic (exact) mass is 423 g/mol. The summed E-state index contributed by atoms with van der Waals surface area (Å²) in [5.41, 5.74) is 1.19. The summed E-state index contributed by atoms with van der Waals surface area (Å²) in [6.07, 6.45) is 0. The Bertz CT molecular complexity index is 1010. The molecule has 1 amide bonds. The molecule has 29 heavy (non-hydrogen) atoms. The molecule has 0 saturated carbocycles. The lowest BCUT2D eigenvalue weighted by molar-refractivity contribution is -0.119. The number of nitrogens with one attached hydrogen (secondary N) is 1. The zero-order valence-corrected chi connectivity index (χ0v) is 16.8. The van der Waals surface area contributed by atoms with Gasteiger partial charge in [-0.2, -0.15) is 4.31 Å². The highest BCUT2D eigenvalue weighted by Crippen LogP contribution is 2.21. The average Bonchev–Trinajstić information content (AvgIpc) is 3.11. The summed E-state index contributed by atoms with van der Waals surface area (Å²) in [7, 11) is -3.76. The molecule has 1 N–H and O–H groups in total. The second-order valence-electron chi connectivity index (χ2n) is 6.45. The van der Waals surface area contributed by atoms with Crippen LogP contribution in [0.2, 0.25) is 0 Å². The number of aryl methyl sites for hydroxylation is 2. The number of carbonyl (C=O) groups is 2. The lowest BCUT2D eigenvalue weighted by Crippen LogP contribution is -2.40. The first-order valence-corrected chi connectivity index (χ1v) is 10.3. The Kier molecular flexibility index (Phi) is 6.30. The van der Waals surface area contributed by atoms with Gasteiger partial charge in [0.05, 0.1) is 29.4 Å². The standard InChI is InChI=1S/C18H21N3O7S/c1-12-3-4-14(29(24,25)21-5-7-26-8-6-21)10-15(12)18(23)27-11-16(22)19-17-9-13(2)20-28-17/h3-4,9-10H,5-8,11H2,1-2H3,(H,19,22). The maximum absolute atomic E-state index is 12.8. The van der Waals surface area contributed by atoms with Gasteiger partial charge in [0.25, 0.3) is 5.91 Å². The number of aromatic nitrogens is 1. The molecule has 0 aliphatic carbocycles. The van der Waals surface area contributed by atoms with Crippen molar-refractivity contribution in [2.75, 3.05) is 38.2 Å². The lowest BCUT2D eigenvalue weighted by atomic mass is 10.1. The Hall–Kier alpha value is -2.76. The summed E-state index contributed by atoms with van der Waals surface area (Å²) in [4.78, 5) is 24.3. The van der Waals surface area contributed by atoms with E-state index in [4.69, 9.17) is 14.0 Å². The number of nitrogens with zero attached hydrogens (tertiary/aromatic N) is 2. The number of benzene rings is 1. The molecular formula is C18H21N3O7S. The Morgan fingerprint density at radius 3 is 2.59 bits per heavy atom. The number of rotatable bonds is 6. The van der Waals surface area contributed by atoms with E-state index in [-0.39, 0.29) is 29.4 Å². The SMILES string of the molecule is Cc1cc(NC(=O)COC(=O)c2cc(S(=O)(=O)N3CCOCC3)ccc2C)on1. The minimum atomic E-state index is -3.76. The summed E-state index contributed by atoms with van der Waals surface area (Å²) in [5.74, 6) is -1.27. The van der Waals surface area contributed by atoms with Gasteiger partial charge in [-0.05, 0) is 31.5 Å². The van der Waals surface area contributed by atoms with Crippen LogP contribution in [0.25, 0.3) is 0 Å². The molecule has 0 radical (unpaired) electrons. The number of morpholine rings is 1. The van der Waals surface area contributed by atoms with Gasteiger partial charge in [-0.15, -0.1) is 0 Å². The molecule has 0 atom stereocenters. The van der Waals surface area contributed by atoms with Crippen LogP contribution in [-0.4, -0.2) is 62.7 Å². The van der Waals surface area contributed by atoms with E-state index in [1.165, 1.54) is 28.6 Å². The van der Waals surface area contributed by atoms with Crippen molar-refractivity contribution in [3.63, 3.8) is 0 Å². The number of amides is 1. The summed E-state index contributed by atoms with van der Waals surface area (Å²) in [5, 5.41) is 6.03. The molecule has 1 aromatic heterocycles. The van der Waals surface area contributed by atoms with E-state index in [1.54, 1.807) is 13.8 Å². The smallest absolute Gasteiger partial charge is 0.338 e. The average molecular weight is 423 g/mol. The maximum atomic E-state index is 12.8. The van der Waals surface area contributed by atoms with E-state index in [0.717, 1.165) is 0 Å². The van der Waals surface area contributed by atoms with E-state index in [9.17, 15) is 18.0 Å². The van der Waals surface area contributed by atoms with Crippen LogP contribution in [0, 0.1) is 13.8 Å². The van der Waals surface area contributed by atoms with E-state index >= 15 is 0 Å². The van der Waals surface area contributed by atoms with Crippen molar-refractivity contribution in [2.24, 2.45) is 0 Å². The van der Waals surface area contributed by atoms with Crippen LogP contribution < -0.4 is 5.32 Å². The summed E-state index contributed by atoms with van der Waals surface area (Å²) in [6, 6.07) is 5.75. The maximum Gasteiger partial charge on any atom is 0.338 e. The minimum absolute atomic E-state index is 0.0152. The Morgan fingerprint density at radius 2 is 1.93 bits per heavy atom. The van der Waals surface area contributed by atoms with Crippen molar-refractivity contribution in [3.05, 3.63) is 41.1 Å². The third-order valence-electron chi connectivity index (χ3n) is 4.26. The second kappa shape index (κ2) is 8.72. The van der Waals surface area contributed by atoms with Gasteiger partial charge in [0.1, 0.15) is 0 Å². The molecule has 0 bridgehead atoms. The molecule has 1 aliphatic heterocycles. The van der Waals surface area contributed by atoms with E-state index < -0.39 is 28.5 Å². The summed E-state index contributed by atoms with van der Waals surface area (Å²) < 4.78 is 41.9. The molecule has 0 spiro atoms.